The van der Waals surface area contributed by atoms with Crippen molar-refractivity contribution >= 4 is 54.2 Å². The van der Waals surface area contributed by atoms with Crippen LogP contribution in [0.3, 0.4) is 0 Å². The summed E-state index contributed by atoms with van der Waals surface area (Å²) in [5.41, 5.74) is 0. The smallest absolute Gasteiger partial charge is 0.726 e. The fraction of sp³-hybridized carbons (Fsp3) is 1.00. The van der Waals surface area contributed by atoms with E-state index in [9.17, 15) is 38.9 Å². The quantitative estimate of drug-likeness (QED) is 0.0278. The van der Waals surface area contributed by atoms with E-state index in [0.29, 0.717) is 19.3 Å². The average molecular weight is 860 g/mol. The molecule has 0 radical (unpaired) electrons. The summed E-state index contributed by atoms with van der Waals surface area (Å²) in [5.74, 6) is 0. The second kappa shape index (κ2) is 48.4. The van der Waals surface area contributed by atoms with Crippen LogP contribution in [-0.2, 0) is 43.7 Å². The summed E-state index contributed by atoms with van der Waals surface area (Å²) < 4.78 is 103. The van der Waals surface area contributed by atoms with E-state index in [1.807, 2.05) is 0 Å². The molecule has 0 rings (SSSR count). The molecular formula is C36H75KMgO12S3. The summed E-state index contributed by atoms with van der Waals surface area (Å²) in [6, 6.07) is 0. The summed E-state index contributed by atoms with van der Waals surface area (Å²) in [4.78, 5) is 0. The zero-order chi connectivity index (χ0) is 39.0. The van der Waals surface area contributed by atoms with Gasteiger partial charge in [0, 0.05) is 0 Å². The van der Waals surface area contributed by atoms with Crippen LogP contribution in [0.1, 0.15) is 213 Å². The second-order valence-electron chi connectivity index (χ2n) is 13.2. The van der Waals surface area contributed by atoms with Gasteiger partial charge in [-0.1, -0.05) is 194 Å². The third kappa shape index (κ3) is 75.4. The number of hydrogen-bond acceptors (Lipinski definition) is 12. The minimum absolute atomic E-state index is 0. The Morgan fingerprint density at radius 3 is 0.566 bits per heavy atom. The van der Waals surface area contributed by atoms with Gasteiger partial charge in [-0.2, -0.15) is 0 Å². The zero-order valence-electron chi connectivity index (χ0n) is 34.2. The van der Waals surface area contributed by atoms with Crippen molar-refractivity contribution in [1.82, 2.24) is 0 Å². The third-order valence-electron chi connectivity index (χ3n) is 8.18. The normalized spacial score (nSPS) is 11.4. The zero-order valence-corrected chi connectivity index (χ0v) is 41.2. The second-order valence-corrected chi connectivity index (χ2v) is 16.4. The van der Waals surface area contributed by atoms with Crippen molar-refractivity contribution < 1.29 is 103 Å². The first-order valence-electron chi connectivity index (χ1n) is 20.0. The molecule has 0 spiro atoms. The molecule has 0 fully saturated rings. The predicted octanol–water partition coefficient (Wildman–Crippen LogP) is 6.78. The van der Waals surface area contributed by atoms with Crippen LogP contribution in [0.25, 0.3) is 0 Å². The summed E-state index contributed by atoms with van der Waals surface area (Å²) in [6.07, 6.45) is 35.1. The van der Waals surface area contributed by atoms with E-state index < -0.39 is 31.2 Å². The molecule has 0 aromatic rings. The molecule has 0 unspecified atom stereocenters. The predicted molar refractivity (Wildman–Crippen MR) is 208 cm³/mol. The van der Waals surface area contributed by atoms with Gasteiger partial charge < -0.3 is 13.7 Å². The maximum absolute atomic E-state index is 10.1. The van der Waals surface area contributed by atoms with Gasteiger partial charge in [0.1, 0.15) is 0 Å². The van der Waals surface area contributed by atoms with Crippen LogP contribution >= 0.6 is 0 Å². The van der Waals surface area contributed by atoms with Crippen molar-refractivity contribution in [2.75, 3.05) is 19.8 Å². The van der Waals surface area contributed by atoms with Gasteiger partial charge in [0.25, 0.3) is 0 Å². The van der Waals surface area contributed by atoms with E-state index in [2.05, 4.69) is 33.3 Å². The molecular weight excluding hydrogens is 784 g/mol. The molecule has 17 heteroatoms. The maximum atomic E-state index is 10.1. The Balaban J connectivity index is -0.000000213. The van der Waals surface area contributed by atoms with E-state index in [4.69, 9.17) is 0 Å². The van der Waals surface area contributed by atoms with E-state index in [1.54, 1.807) is 0 Å². The molecule has 0 saturated heterocycles. The van der Waals surface area contributed by atoms with Crippen molar-refractivity contribution in [3.63, 3.8) is 0 Å². The topological polar surface area (TPSA) is 199 Å². The molecule has 12 nitrogen and oxygen atoms in total. The van der Waals surface area contributed by atoms with Crippen LogP contribution < -0.4 is 51.4 Å². The van der Waals surface area contributed by atoms with E-state index in [0.717, 1.165) is 38.5 Å². The van der Waals surface area contributed by atoms with Crippen LogP contribution in [0, 0.1) is 0 Å². The van der Waals surface area contributed by atoms with Crippen molar-refractivity contribution in [2.24, 2.45) is 0 Å². The Labute approximate surface area is 386 Å². The summed E-state index contributed by atoms with van der Waals surface area (Å²) in [6.45, 7) is 6.73. The van der Waals surface area contributed by atoms with Gasteiger partial charge >= 0.3 is 74.4 Å². The number of unbranched alkanes of at least 4 members (excludes halogenated alkanes) is 27. The van der Waals surface area contributed by atoms with Crippen LogP contribution in [-0.4, -0.2) is 81.8 Å². The third-order valence-corrected chi connectivity index (χ3v) is 9.54. The maximum Gasteiger partial charge on any atom is 2.00 e. The molecule has 0 aliphatic rings. The SMILES string of the molecule is CCCCCCCCCCCCOS(=O)(=O)[O-].CCCCCCCCCCCCOS(=O)(=O)[O-].CCCCCCCCCCCCOS(=O)(=O)[O-].[K+].[Mg+2]. The average Bonchev–Trinajstić information content (AvgIpc) is 3.04. The van der Waals surface area contributed by atoms with E-state index in [-0.39, 0.29) is 94.3 Å². The monoisotopic (exact) mass is 858 g/mol. The van der Waals surface area contributed by atoms with E-state index >= 15 is 0 Å². The fourth-order valence-electron chi connectivity index (χ4n) is 5.25. The molecule has 0 atom stereocenters. The van der Waals surface area contributed by atoms with Gasteiger partial charge in [-0.05, 0) is 19.3 Å². The molecule has 0 aliphatic carbocycles. The molecule has 53 heavy (non-hydrogen) atoms. The van der Waals surface area contributed by atoms with Crippen LogP contribution in [0.15, 0.2) is 0 Å². The van der Waals surface area contributed by atoms with Crippen molar-refractivity contribution in [2.45, 2.75) is 213 Å². The molecule has 312 valence electrons. The standard InChI is InChI=1S/3C12H26O4S.K.Mg/c3*1-2-3-4-5-6-7-8-9-10-11-12-16-17(13,14)15;;/h3*2-12H2,1H3,(H,13,14,15);;/q;;;+1;+2/p-3. The summed E-state index contributed by atoms with van der Waals surface area (Å²) in [5, 5.41) is 0. The van der Waals surface area contributed by atoms with Gasteiger partial charge in [-0.25, -0.2) is 25.3 Å². The Hall–Kier alpha value is 2.01. The summed E-state index contributed by atoms with van der Waals surface area (Å²) >= 11 is 0. The minimum atomic E-state index is -4.48. The molecule has 0 saturated carbocycles. The van der Waals surface area contributed by atoms with Crippen molar-refractivity contribution in [3.8, 4) is 0 Å². The van der Waals surface area contributed by atoms with Gasteiger partial charge in [0.05, 0.1) is 19.8 Å². The van der Waals surface area contributed by atoms with Gasteiger partial charge in [-0.15, -0.1) is 0 Å². The number of rotatable bonds is 36. The summed E-state index contributed by atoms with van der Waals surface area (Å²) in [7, 11) is -13.5. The van der Waals surface area contributed by atoms with Crippen LogP contribution in [0.4, 0.5) is 0 Å². The van der Waals surface area contributed by atoms with Gasteiger partial charge in [-0.3, -0.25) is 12.5 Å². The Morgan fingerprint density at radius 2 is 0.434 bits per heavy atom. The van der Waals surface area contributed by atoms with Crippen LogP contribution in [0.5, 0.6) is 0 Å². The van der Waals surface area contributed by atoms with E-state index in [1.165, 1.54) is 135 Å². The molecule has 0 aromatic carbocycles. The number of hydrogen-bond donors (Lipinski definition) is 0. The van der Waals surface area contributed by atoms with Crippen molar-refractivity contribution in [1.29, 1.82) is 0 Å². The Morgan fingerprint density at radius 1 is 0.302 bits per heavy atom. The minimum Gasteiger partial charge on any atom is -0.726 e. The molecule has 0 bridgehead atoms. The van der Waals surface area contributed by atoms with Gasteiger partial charge in [0.2, 0.25) is 31.2 Å². The molecule has 0 heterocycles. The Kier molecular flexibility index (Phi) is 58.6. The molecule has 0 aliphatic heterocycles. The molecule has 0 amide bonds. The first-order valence-corrected chi connectivity index (χ1v) is 24.0. The van der Waals surface area contributed by atoms with Crippen molar-refractivity contribution in [3.05, 3.63) is 0 Å². The molecule has 0 aromatic heterocycles. The first-order chi connectivity index (χ1) is 24.2. The van der Waals surface area contributed by atoms with Crippen LogP contribution in [0.2, 0.25) is 0 Å². The largest absolute Gasteiger partial charge is 2.00 e. The first kappa shape index (κ1) is 64.2. The molecule has 0 N–H and O–H groups in total. The van der Waals surface area contributed by atoms with Gasteiger partial charge in [0.15, 0.2) is 0 Å². The Bertz CT molecular complexity index is 890. The fourth-order valence-corrected chi connectivity index (χ4v) is 6.22.